The Morgan fingerprint density at radius 3 is 2.72 bits per heavy atom. The van der Waals surface area contributed by atoms with Crippen molar-refractivity contribution in [1.29, 1.82) is 0 Å². The van der Waals surface area contributed by atoms with E-state index in [1.807, 2.05) is 30.3 Å². The fraction of sp³-hybridized carbons (Fsp3) is 0.167. The highest BCUT2D eigenvalue weighted by Crippen LogP contribution is 2.25. The Kier molecular flexibility index (Phi) is 3.59. The molecule has 1 aromatic carbocycles. The van der Waals surface area contributed by atoms with Gasteiger partial charge >= 0.3 is 0 Å². The minimum absolute atomic E-state index is 0.0354. The van der Waals surface area contributed by atoms with Crippen LogP contribution in [-0.4, -0.2) is 24.0 Å². The molecule has 0 aliphatic rings. The minimum atomic E-state index is -0.347. The first kappa shape index (κ1) is 12.1. The summed E-state index contributed by atoms with van der Waals surface area (Å²) in [6.45, 7) is 0.736. The lowest BCUT2D eigenvalue weighted by Crippen LogP contribution is -2.29. The highest BCUT2D eigenvalue weighted by atomic mass is 16.4. The molecular formula is C12H14N4O2. The SMILES string of the molecule is NCCNC(=O)c1nc(N)oc1-c1ccccc1. The normalized spacial score (nSPS) is 10.3. The van der Waals surface area contributed by atoms with Crippen molar-refractivity contribution in [2.75, 3.05) is 18.8 Å². The van der Waals surface area contributed by atoms with E-state index in [0.717, 1.165) is 5.56 Å². The molecule has 2 aromatic rings. The van der Waals surface area contributed by atoms with Crippen LogP contribution in [0.4, 0.5) is 6.01 Å². The topological polar surface area (TPSA) is 107 Å². The van der Waals surface area contributed by atoms with Gasteiger partial charge in [0.05, 0.1) is 0 Å². The lowest BCUT2D eigenvalue weighted by atomic mass is 10.1. The molecule has 1 amide bonds. The molecule has 2 rings (SSSR count). The van der Waals surface area contributed by atoms with E-state index >= 15 is 0 Å². The van der Waals surface area contributed by atoms with Crippen molar-refractivity contribution in [3.8, 4) is 11.3 Å². The maximum atomic E-state index is 11.9. The van der Waals surface area contributed by atoms with Crippen LogP contribution in [-0.2, 0) is 0 Å². The zero-order chi connectivity index (χ0) is 13.0. The molecule has 5 N–H and O–H groups in total. The number of carbonyl (C=O) groups excluding carboxylic acids is 1. The molecule has 18 heavy (non-hydrogen) atoms. The zero-order valence-corrected chi connectivity index (χ0v) is 9.72. The molecule has 0 spiro atoms. The summed E-state index contributed by atoms with van der Waals surface area (Å²) in [7, 11) is 0. The summed E-state index contributed by atoms with van der Waals surface area (Å²) in [6.07, 6.45) is 0. The van der Waals surface area contributed by atoms with E-state index in [4.69, 9.17) is 15.9 Å². The van der Waals surface area contributed by atoms with Crippen molar-refractivity contribution in [3.05, 3.63) is 36.0 Å². The molecule has 6 heteroatoms. The predicted molar refractivity (Wildman–Crippen MR) is 67.7 cm³/mol. The summed E-state index contributed by atoms with van der Waals surface area (Å²) in [5.41, 5.74) is 11.7. The molecule has 0 saturated heterocycles. The number of benzene rings is 1. The highest BCUT2D eigenvalue weighted by Gasteiger charge is 2.19. The van der Waals surface area contributed by atoms with Crippen LogP contribution in [0.5, 0.6) is 0 Å². The van der Waals surface area contributed by atoms with Gasteiger partial charge in [-0.15, -0.1) is 0 Å². The molecule has 0 aliphatic carbocycles. The van der Waals surface area contributed by atoms with Crippen LogP contribution < -0.4 is 16.8 Å². The van der Waals surface area contributed by atoms with Gasteiger partial charge in [0.15, 0.2) is 11.5 Å². The number of anilines is 1. The molecule has 0 fully saturated rings. The molecule has 0 aliphatic heterocycles. The Balaban J connectivity index is 2.34. The molecule has 0 saturated carbocycles. The molecule has 1 aromatic heterocycles. The first-order chi connectivity index (χ1) is 8.72. The number of nitrogens with two attached hydrogens (primary N) is 2. The average molecular weight is 246 g/mol. The third-order valence-electron chi connectivity index (χ3n) is 2.32. The van der Waals surface area contributed by atoms with Gasteiger partial charge in [0.2, 0.25) is 0 Å². The fourth-order valence-electron chi connectivity index (χ4n) is 1.55. The van der Waals surface area contributed by atoms with Gasteiger partial charge in [-0.3, -0.25) is 4.79 Å². The van der Waals surface area contributed by atoms with Gasteiger partial charge in [0, 0.05) is 18.7 Å². The smallest absolute Gasteiger partial charge is 0.293 e. The van der Waals surface area contributed by atoms with Crippen LogP contribution in [0.2, 0.25) is 0 Å². The summed E-state index contributed by atoms with van der Waals surface area (Å²) in [6, 6.07) is 9.16. The van der Waals surface area contributed by atoms with Crippen molar-refractivity contribution < 1.29 is 9.21 Å². The Morgan fingerprint density at radius 2 is 2.06 bits per heavy atom. The van der Waals surface area contributed by atoms with Crippen LogP contribution in [0.3, 0.4) is 0 Å². The number of nitrogens with zero attached hydrogens (tertiary/aromatic N) is 1. The molecule has 0 radical (unpaired) electrons. The van der Waals surface area contributed by atoms with E-state index in [9.17, 15) is 4.79 Å². The lowest BCUT2D eigenvalue weighted by molar-refractivity contribution is 0.0950. The van der Waals surface area contributed by atoms with Crippen molar-refractivity contribution in [2.24, 2.45) is 5.73 Å². The number of amides is 1. The highest BCUT2D eigenvalue weighted by molar-refractivity contribution is 5.98. The number of carbonyl (C=O) groups is 1. The standard InChI is InChI=1S/C12H14N4O2/c13-6-7-15-11(17)9-10(18-12(14)16-9)8-4-2-1-3-5-8/h1-5H,6-7,13H2,(H2,14,16)(H,15,17). The van der Waals surface area contributed by atoms with Gasteiger partial charge in [-0.2, -0.15) is 4.98 Å². The maximum Gasteiger partial charge on any atom is 0.293 e. The van der Waals surface area contributed by atoms with E-state index in [1.165, 1.54) is 0 Å². The lowest BCUT2D eigenvalue weighted by Gasteiger charge is -2.02. The second kappa shape index (κ2) is 5.33. The third kappa shape index (κ3) is 2.49. The second-order valence-corrected chi connectivity index (χ2v) is 3.64. The minimum Gasteiger partial charge on any atom is -0.423 e. The second-order valence-electron chi connectivity index (χ2n) is 3.64. The molecule has 0 unspecified atom stereocenters. The Hall–Kier alpha value is -2.34. The van der Waals surface area contributed by atoms with Crippen LogP contribution in [0, 0.1) is 0 Å². The van der Waals surface area contributed by atoms with E-state index in [1.54, 1.807) is 0 Å². The first-order valence-corrected chi connectivity index (χ1v) is 5.52. The number of hydrogen-bond acceptors (Lipinski definition) is 5. The average Bonchev–Trinajstić information content (AvgIpc) is 2.79. The number of oxazole rings is 1. The number of nitrogen functional groups attached to an aromatic ring is 1. The van der Waals surface area contributed by atoms with Gasteiger partial charge in [0.25, 0.3) is 11.9 Å². The maximum absolute atomic E-state index is 11.9. The van der Waals surface area contributed by atoms with E-state index in [2.05, 4.69) is 10.3 Å². The summed E-state index contributed by atoms with van der Waals surface area (Å²) in [4.78, 5) is 15.8. The van der Waals surface area contributed by atoms with Gasteiger partial charge in [-0.05, 0) is 0 Å². The Morgan fingerprint density at radius 1 is 1.33 bits per heavy atom. The molecule has 0 atom stereocenters. The summed E-state index contributed by atoms with van der Waals surface area (Å²) in [5.74, 6) is 0.0161. The van der Waals surface area contributed by atoms with Gasteiger partial charge < -0.3 is 21.2 Å². The Bertz CT molecular complexity index is 536. The van der Waals surface area contributed by atoms with Gasteiger partial charge in [-0.1, -0.05) is 30.3 Å². The zero-order valence-electron chi connectivity index (χ0n) is 9.72. The number of rotatable bonds is 4. The van der Waals surface area contributed by atoms with Crippen LogP contribution in [0.25, 0.3) is 11.3 Å². The molecule has 1 heterocycles. The third-order valence-corrected chi connectivity index (χ3v) is 2.32. The summed E-state index contributed by atoms with van der Waals surface area (Å²) >= 11 is 0. The van der Waals surface area contributed by atoms with E-state index in [-0.39, 0.29) is 17.6 Å². The number of nitrogens with one attached hydrogen (secondary N) is 1. The van der Waals surface area contributed by atoms with Crippen LogP contribution in [0.15, 0.2) is 34.7 Å². The van der Waals surface area contributed by atoms with Crippen molar-refractivity contribution in [1.82, 2.24) is 10.3 Å². The largest absolute Gasteiger partial charge is 0.423 e. The van der Waals surface area contributed by atoms with Crippen LogP contribution in [0.1, 0.15) is 10.5 Å². The molecule has 6 nitrogen and oxygen atoms in total. The van der Waals surface area contributed by atoms with Crippen molar-refractivity contribution >= 4 is 11.9 Å². The Labute approximate surface area is 104 Å². The first-order valence-electron chi connectivity index (χ1n) is 5.52. The number of hydrogen-bond donors (Lipinski definition) is 3. The van der Waals surface area contributed by atoms with Gasteiger partial charge in [0.1, 0.15) is 0 Å². The van der Waals surface area contributed by atoms with E-state index in [0.29, 0.717) is 18.8 Å². The molecule has 0 bridgehead atoms. The molecular weight excluding hydrogens is 232 g/mol. The van der Waals surface area contributed by atoms with E-state index < -0.39 is 0 Å². The fourth-order valence-corrected chi connectivity index (χ4v) is 1.55. The number of aromatic nitrogens is 1. The summed E-state index contributed by atoms with van der Waals surface area (Å²) < 4.78 is 5.28. The van der Waals surface area contributed by atoms with Crippen LogP contribution >= 0.6 is 0 Å². The van der Waals surface area contributed by atoms with Gasteiger partial charge in [-0.25, -0.2) is 0 Å². The van der Waals surface area contributed by atoms with Crippen molar-refractivity contribution in [2.45, 2.75) is 0 Å². The quantitative estimate of drug-likeness (QED) is 0.732. The van der Waals surface area contributed by atoms with Crippen molar-refractivity contribution in [3.63, 3.8) is 0 Å². The molecule has 94 valence electrons. The predicted octanol–water partition coefficient (Wildman–Crippen LogP) is 0.612. The summed E-state index contributed by atoms with van der Waals surface area (Å²) in [5, 5.41) is 2.63. The monoisotopic (exact) mass is 246 g/mol.